The number of aromatic nitrogens is 3. The molecule has 0 aliphatic rings. The third-order valence-electron chi connectivity index (χ3n) is 4.77. The van der Waals surface area contributed by atoms with E-state index in [0.717, 1.165) is 30.0 Å². The molecular weight excluding hydrogens is 424 g/mol. The van der Waals surface area contributed by atoms with Gasteiger partial charge in [-0.2, -0.15) is 0 Å². The lowest BCUT2D eigenvalue weighted by atomic mass is 10.1. The Hall–Kier alpha value is -3.00. The van der Waals surface area contributed by atoms with Gasteiger partial charge in [0.15, 0.2) is 5.16 Å². The van der Waals surface area contributed by atoms with Crippen LogP contribution in [0.3, 0.4) is 0 Å². The first-order valence-corrected chi connectivity index (χ1v) is 11.7. The zero-order valence-corrected chi connectivity index (χ0v) is 19.8. The highest BCUT2D eigenvalue weighted by Crippen LogP contribution is 2.21. The Morgan fingerprint density at radius 1 is 1.06 bits per heavy atom. The van der Waals surface area contributed by atoms with Gasteiger partial charge in [0.05, 0.1) is 19.0 Å². The van der Waals surface area contributed by atoms with Gasteiger partial charge < -0.3 is 14.8 Å². The Bertz CT molecular complexity index is 987. The SMILES string of the molecule is COc1ccc(-n2cnnc2SCC(=O)NC(C)CCc2ccc(OC(C)C)cc2)cc1. The third-order valence-corrected chi connectivity index (χ3v) is 5.71. The maximum atomic E-state index is 12.4. The number of nitrogens with zero attached hydrogens (tertiary/aromatic N) is 3. The number of amides is 1. The van der Waals surface area contributed by atoms with E-state index in [-0.39, 0.29) is 23.8 Å². The highest BCUT2D eigenvalue weighted by molar-refractivity contribution is 7.99. The van der Waals surface area contributed by atoms with E-state index in [4.69, 9.17) is 9.47 Å². The maximum Gasteiger partial charge on any atom is 0.230 e. The van der Waals surface area contributed by atoms with E-state index in [0.29, 0.717) is 5.16 Å². The zero-order chi connectivity index (χ0) is 22.9. The molecule has 0 aliphatic heterocycles. The fourth-order valence-electron chi connectivity index (χ4n) is 3.15. The molecule has 0 saturated heterocycles. The number of methoxy groups -OCH3 is 1. The second-order valence-electron chi connectivity index (χ2n) is 7.79. The number of thioether (sulfide) groups is 1. The van der Waals surface area contributed by atoms with E-state index in [9.17, 15) is 4.79 Å². The lowest BCUT2D eigenvalue weighted by Gasteiger charge is -2.14. The van der Waals surface area contributed by atoms with Crippen LogP contribution in [0, 0.1) is 0 Å². The number of carbonyl (C=O) groups is 1. The van der Waals surface area contributed by atoms with Gasteiger partial charge in [-0.15, -0.1) is 10.2 Å². The first-order chi connectivity index (χ1) is 15.4. The summed E-state index contributed by atoms with van der Waals surface area (Å²) < 4.78 is 12.7. The normalized spacial score (nSPS) is 11.9. The van der Waals surface area contributed by atoms with Crippen molar-refractivity contribution in [1.82, 2.24) is 20.1 Å². The molecule has 32 heavy (non-hydrogen) atoms. The van der Waals surface area contributed by atoms with E-state index in [2.05, 4.69) is 27.6 Å². The molecule has 0 fully saturated rings. The zero-order valence-electron chi connectivity index (χ0n) is 18.9. The van der Waals surface area contributed by atoms with Crippen LogP contribution in [0.4, 0.5) is 0 Å². The van der Waals surface area contributed by atoms with E-state index >= 15 is 0 Å². The molecule has 0 saturated carbocycles. The minimum atomic E-state index is -0.0209. The monoisotopic (exact) mass is 454 g/mol. The smallest absolute Gasteiger partial charge is 0.230 e. The molecule has 3 rings (SSSR count). The van der Waals surface area contributed by atoms with Crippen LogP contribution in [-0.2, 0) is 11.2 Å². The van der Waals surface area contributed by atoms with E-state index in [1.54, 1.807) is 13.4 Å². The summed E-state index contributed by atoms with van der Waals surface area (Å²) in [4.78, 5) is 12.4. The van der Waals surface area contributed by atoms with Gasteiger partial charge in [0.1, 0.15) is 17.8 Å². The van der Waals surface area contributed by atoms with Crippen molar-refractivity contribution < 1.29 is 14.3 Å². The molecule has 1 atom stereocenters. The van der Waals surface area contributed by atoms with Crippen molar-refractivity contribution in [3.05, 3.63) is 60.4 Å². The largest absolute Gasteiger partial charge is 0.497 e. The number of hydrogen-bond acceptors (Lipinski definition) is 6. The van der Waals surface area contributed by atoms with E-state index in [1.165, 1.54) is 17.3 Å². The van der Waals surface area contributed by atoms with Crippen LogP contribution in [0.5, 0.6) is 11.5 Å². The summed E-state index contributed by atoms with van der Waals surface area (Å²) in [7, 11) is 1.63. The van der Waals surface area contributed by atoms with Gasteiger partial charge in [0.25, 0.3) is 0 Å². The number of rotatable bonds is 11. The predicted molar refractivity (Wildman–Crippen MR) is 127 cm³/mol. The second-order valence-corrected chi connectivity index (χ2v) is 8.73. The molecule has 170 valence electrons. The lowest BCUT2D eigenvalue weighted by molar-refractivity contribution is -0.119. The molecule has 1 amide bonds. The van der Waals surface area contributed by atoms with Crippen LogP contribution >= 0.6 is 11.8 Å². The minimum Gasteiger partial charge on any atom is -0.497 e. The first-order valence-electron chi connectivity index (χ1n) is 10.7. The molecule has 0 bridgehead atoms. The molecular formula is C24H30N4O3S. The van der Waals surface area contributed by atoms with Crippen molar-refractivity contribution in [2.24, 2.45) is 0 Å². The van der Waals surface area contributed by atoms with Crippen molar-refractivity contribution in [3.63, 3.8) is 0 Å². The molecule has 0 spiro atoms. The number of aryl methyl sites for hydroxylation is 1. The summed E-state index contributed by atoms with van der Waals surface area (Å²) >= 11 is 1.36. The standard InChI is InChI=1S/C24H30N4O3S/c1-17(2)31-22-11-7-19(8-12-22)6-5-18(3)26-23(29)15-32-24-27-25-16-28(24)20-9-13-21(30-4)14-10-20/h7-14,16-18H,5-6,15H2,1-4H3,(H,26,29). The second kappa shape index (κ2) is 11.6. The summed E-state index contributed by atoms with van der Waals surface area (Å²) in [6, 6.07) is 15.8. The third kappa shape index (κ3) is 7.02. The fourth-order valence-corrected chi connectivity index (χ4v) is 3.89. The van der Waals surface area contributed by atoms with Crippen molar-refractivity contribution in [3.8, 4) is 17.2 Å². The van der Waals surface area contributed by atoms with Crippen molar-refractivity contribution in [2.75, 3.05) is 12.9 Å². The average molecular weight is 455 g/mol. The molecule has 0 aliphatic carbocycles. The van der Waals surface area contributed by atoms with Crippen molar-refractivity contribution in [2.45, 2.75) is 50.9 Å². The Kier molecular flexibility index (Phi) is 8.56. The van der Waals surface area contributed by atoms with Gasteiger partial charge in [0, 0.05) is 11.7 Å². The van der Waals surface area contributed by atoms with Gasteiger partial charge in [-0.05, 0) is 75.6 Å². The Balaban J connectivity index is 1.44. The highest BCUT2D eigenvalue weighted by Gasteiger charge is 2.12. The maximum absolute atomic E-state index is 12.4. The van der Waals surface area contributed by atoms with Gasteiger partial charge in [-0.3, -0.25) is 9.36 Å². The van der Waals surface area contributed by atoms with E-state index in [1.807, 2.05) is 61.7 Å². The topological polar surface area (TPSA) is 78.3 Å². The summed E-state index contributed by atoms with van der Waals surface area (Å²) in [5.74, 6) is 1.92. The molecule has 2 aromatic carbocycles. The van der Waals surface area contributed by atoms with E-state index < -0.39 is 0 Å². The predicted octanol–water partition coefficient (Wildman–Crippen LogP) is 4.29. The average Bonchev–Trinajstić information content (AvgIpc) is 3.25. The number of hydrogen-bond donors (Lipinski definition) is 1. The van der Waals surface area contributed by atoms with Gasteiger partial charge in [-0.1, -0.05) is 23.9 Å². The quantitative estimate of drug-likeness (QED) is 0.436. The molecule has 8 heteroatoms. The summed E-state index contributed by atoms with van der Waals surface area (Å²) in [5, 5.41) is 11.9. The van der Waals surface area contributed by atoms with Crippen LogP contribution in [0.1, 0.15) is 32.8 Å². The van der Waals surface area contributed by atoms with Gasteiger partial charge >= 0.3 is 0 Å². The first kappa shape index (κ1) is 23.7. The highest BCUT2D eigenvalue weighted by atomic mass is 32.2. The molecule has 3 aromatic rings. The fraction of sp³-hybridized carbons (Fsp3) is 0.375. The van der Waals surface area contributed by atoms with Crippen LogP contribution in [0.2, 0.25) is 0 Å². The number of ether oxygens (including phenoxy) is 2. The molecule has 1 unspecified atom stereocenters. The van der Waals surface area contributed by atoms with Gasteiger partial charge in [0.2, 0.25) is 5.91 Å². The summed E-state index contributed by atoms with van der Waals surface area (Å²) in [5.41, 5.74) is 2.14. The number of benzene rings is 2. The molecule has 1 aromatic heterocycles. The van der Waals surface area contributed by atoms with Crippen molar-refractivity contribution >= 4 is 17.7 Å². The Morgan fingerprint density at radius 2 is 1.75 bits per heavy atom. The Labute approximate surface area is 193 Å². The molecule has 0 radical (unpaired) electrons. The van der Waals surface area contributed by atoms with Crippen LogP contribution in [0.25, 0.3) is 5.69 Å². The van der Waals surface area contributed by atoms with Gasteiger partial charge in [-0.25, -0.2) is 0 Å². The van der Waals surface area contributed by atoms with Crippen LogP contribution in [0.15, 0.2) is 60.0 Å². The number of nitrogens with one attached hydrogen (secondary N) is 1. The van der Waals surface area contributed by atoms with Crippen molar-refractivity contribution in [1.29, 1.82) is 0 Å². The molecule has 1 heterocycles. The minimum absolute atomic E-state index is 0.0209. The van der Waals surface area contributed by atoms with Crippen LogP contribution in [-0.4, -0.2) is 45.7 Å². The van der Waals surface area contributed by atoms with Crippen LogP contribution < -0.4 is 14.8 Å². The lowest BCUT2D eigenvalue weighted by Crippen LogP contribution is -2.34. The number of carbonyl (C=O) groups excluding carboxylic acids is 1. The summed E-state index contributed by atoms with van der Waals surface area (Å²) in [6.45, 7) is 6.05. The molecule has 1 N–H and O–H groups in total. The summed E-state index contributed by atoms with van der Waals surface area (Å²) in [6.07, 6.45) is 3.56. The molecule has 7 nitrogen and oxygen atoms in total. The Morgan fingerprint density at radius 3 is 2.41 bits per heavy atom.